The molecule has 0 amide bonds. The van der Waals surface area contributed by atoms with Crippen molar-refractivity contribution in [3.05, 3.63) is 90.1 Å². The van der Waals surface area contributed by atoms with Crippen molar-refractivity contribution in [1.29, 1.82) is 0 Å². The highest BCUT2D eigenvalue weighted by atomic mass is 19.1. The van der Waals surface area contributed by atoms with Gasteiger partial charge in [-0.05, 0) is 47.5 Å². The number of pyridine rings is 2. The molecule has 0 aliphatic rings. The average molecular weight is 279 g/mol. The van der Waals surface area contributed by atoms with Crippen molar-refractivity contribution in [2.24, 2.45) is 0 Å². The van der Waals surface area contributed by atoms with Crippen LogP contribution in [-0.2, 0) is 0 Å². The molecule has 3 rings (SSSR count). The quantitative estimate of drug-likeness (QED) is 0.789. The summed E-state index contributed by atoms with van der Waals surface area (Å²) in [7, 11) is 0. The molecule has 0 radical (unpaired) electrons. The molecule has 0 saturated heterocycles. The van der Waals surface area contributed by atoms with Crippen LogP contribution in [-0.4, -0.2) is 9.97 Å². The first-order chi connectivity index (χ1) is 10.3. The van der Waals surface area contributed by atoms with Crippen LogP contribution in [0.1, 0.15) is 17.2 Å². The predicted molar refractivity (Wildman–Crippen MR) is 80.3 cm³/mol. The van der Waals surface area contributed by atoms with Gasteiger partial charge in [-0.1, -0.05) is 18.2 Å². The van der Waals surface area contributed by atoms with E-state index < -0.39 is 0 Å². The molecule has 3 aromatic rings. The van der Waals surface area contributed by atoms with Gasteiger partial charge in [0.1, 0.15) is 11.6 Å². The van der Waals surface area contributed by atoms with Gasteiger partial charge in [-0.3, -0.25) is 4.98 Å². The third kappa shape index (κ3) is 3.23. The highest BCUT2D eigenvalue weighted by Gasteiger charge is 2.14. The number of hydrogen-bond donors (Lipinski definition) is 1. The van der Waals surface area contributed by atoms with Gasteiger partial charge in [0, 0.05) is 18.6 Å². The molecule has 0 aliphatic heterocycles. The Kier molecular flexibility index (Phi) is 3.87. The SMILES string of the molecule is Fc1ccc(C(Nc2ccccn2)c2ccncc2)cc1. The predicted octanol–water partition coefficient (Wildman–Crippen LogP) is 3.82. The Bertz CT molecular complexity index is 684. The molecule has 1 atom stereocenters. The van der Waals surface area contributed by atoms with Gasteiger partial charge < -0.3 is 5.32 Å². The van der Waals surface area contributed by atoms with Crippen molar-refractivity contribution in [3.8, 4) is 0 Å². The topological polar surface area (TPSA) is 37.8 Å². The summed E-state index contributed by atoms with van der Waals surface area (Å²) in [5.74, 6) is 0.522. The molecule has 21 heavy (non-hydrogen) atoms. The lowest BCUT2D eigenvalue weighted by Gasteiger charge is -2.20. The van der Waals surface area contributed by atoms with Crippen LogP contribution < -0.4 is 5.32 Å². The summed E-state index contributed by atoms with van der Waals surface area (Å²) in [6.07, 6.45) is 5.22. The standard InChI is InChI=1S/C17H14FN3/c18-15-6-4-13(5-7-15)17(14-8-11-19-12-9-14)21-16-3-1-2-10-20-16/h1-12,17H,(H,20,21). The number of nitrogens with zero attached hydrogens (tertiary/aromatic N) is 2. The first-order valence-corrected chi connectivity index (χ1v) is 6.66. The van der Waals surface area contributed by atoms with Crippen LogP contribution in [0, 0.1) is 5.82 Å². The summed E-state index contributed by atoms with van der Waals surface area (Å²) in [5, 5.41) is 3.37. The minimum atomic E-state index is -0.245. The maximum Gasteiger partial charge on any atom is 0.126 e. The molecule has 0 aliphatic carbocycles. The van der Waals surface area contributed by atoms with Gasteiger partial charge in [0.05, 0.1) is 6.04 Å². The number of anilines is 1. The van der Waals surface area contributed by atoms with E-state index in [-0.39, 0.29) is 11.9 Å². The van der Waals surface area contributed by atoms with Gasteiger partial charge in [-0.15, -0.1) is 0 Å². The van der Waals surface area contributed by atoms with Gasteiger partial charge in [0.15, 0.2) is 0 Å². The molecule has 0 saturated carbocycles. The number of hydrogen-bond acceptors (Lipinski definition) is 3. The molecule has 3 nitrogen and oxygen atoms in total. The van der Waals surface area contributed by atoms with Crippen LogP contribution in [0.2, 0.25) is 0 Å². The van der Waals surface area contributed by atoms with E-state index in [4.69, 9.17) is 0 Å². The Hall–Kier alpha value is -2.75. The highest BCUT2D eigenvalue weighted by Crippen LogP contribution is 2.25. The van der Waals surface area contributed by atoms with E-state index in [1.807, 2.05) is 30.3 Å². The summed E-state index contributed by atoms with van der Waals surface area (Å²) >= 11 is 0. The number of rotatable bonds is 4. The van der Waals surface area contributed by atoms with Crippen molar-refractivity contribution < 1.29 is 4.39 Å². The second-order valence-electron chi connectivity index (χ2n) is 4.62. The second-order valence-corrected chi connectivity index (χ2v) is 4.62. The van der Waals surface area contributed by atoms with Gasteiger partial charge >= 0.3 is 0 Å². The van der Waals surface area contributed by atoms with Crippen LogP contribution in [0.3, 0.4) is 0 Å². The summed E-state index contributed by atoms with van der Waals surface area (Å²) < 4.78 is 13.1. The molecule has 0 spiro atoms. The van der Waals surface area contributed by atoms with Crippen molar-refractivity contribution in [2.45, 2.75) is 6.04 Å². The van der Waals surface area contributed by atoms with E-state index in [1.54, 1.807) is 30.7 Å². The van der Waals surface area contributed by atoms with Crippen LogP contribution in [0.4, 0.5) is 10.2 Å². The maximum atomic E-state index is 13.1. The van der Waals surface area contributed by atoms with Crippen molar-refractivity contribution in [1.82, 2.24) is 9.97 Å². The fraction of sp³-hybridized carbons (Fsp3) is 0.0588. The Labute approximate surface area is 122 Å². The minimum absolute atomic E-state index is 0.108. The number of halogens is 1. The third-order valence-electron chi connectivity index (χ3n) is 3.20. The average Bonchev–Trinajstić information content (AvgIpc) is 2.55. The molecule has 2 aromatic heterocycles. The molecule has 2 heterocycles. The van der Waals surface area contributed by atoms with Gasteiger partial charge in [-0.25, -0.2) is 9.37 Å². The van der Waals surface area contributed by atoms with Crippen molar-refractivity contribution >= 4 is 5.82 Å². The van der Waals surface area contributed by atoms with E-state index in [0.29, 0.717) is 0 Å². The normalized spacial score (nSPS) is 11.9. The molecule has 104 valence electrons. The van der Waals surface area contributed by atoms with Gasteiger partial charge in [-0.2, -0.15) is 0 Å². The smallest absolute Gasteiger partial charge is 0.126 e. The molecule has 1 unspecified atom stereocenters. The zero-order valence-corrected chi connectivity index (χ0v) is 11.3. The molecule has 1 aromatic carbocycles. The zero-order chi connectivity index (χ0) is 14.5. The maximum absolute atomic E-state index is 13.1. The lowest BCUT2D eigenvalue weighted by Crippen LogP contribution is -2.13. The molecule has 0 bridgehead atoms. The molecule has 1 N–H and O–H groups in total. The highest BCUT2D eigenvalue weighted by molar-refractivity contribution is 5.43. The number of benzene rings is 1. The van der Waals surface area contributed by atoms with Crippen molar-refractivity contribution in [2.75, 3.05) is 5.32 Å². The first kappa shape index (κ1) is 13.2. The Morgan fingerprint density at radius 3 is 2.19 bits per heavy atom. The largest absolute Gasteiger partial charge is 0.359 e. The lowest BCUT2D eigenvalue weighted by atomic mass is 9.99. The Balaban J connectivity index is 1.97. The van der Waals surface area contributed by atoms with Crippen LogP contribution in [0.5, 0.6) is 0 Å². The van der Waals surface area contributed by atoms with Crippen LogP contribution in [0.15, 0.2) is 73.2 Å². The second kappa shape index (κ2) is 6.13. The lowest BCUT2D eigenvalue weighted by molar-refractivity contribution is 0.626. The van der Waals surface area contributed by atoms with E-state index in [1.165, 1.54) is 12.1 Å². The molecular weight excluding hydrogens is 265 g/mol. The fourth-order valence-corrected chi connectivity index (χ4v) is 2.17. The van der Waals surface area contributed by atoms with Crippen LogP contribution >= 0.6 is 0 Å². The van der Waals surface area contributed by atoms with Gasteiger partial charge in [0.2, 0.25) is 0 Å². The third-order valence-corrected chi connectivity index (χ3v) is 3.20. The summed E-state index contributed by atoms with van der Waals surface area (Å²) in [4.78, 5) is 8.33. The molecule has 0 fully saturated rings. The fourth-order valence-electron chi connectivity index (χ4n) is 2.17. The molecular formula is C17H14FN3. The van der Waals surface area contributed by atoms with E-state index >= 15 is 0 Å². The van der Waals surface area contributed by atoms with Gasteiger partial charge in [0.25, 0.3) is 0 Å². The summed E-state index contributed by atoms with van der Waals surface area (Å²) in [6, 6.07) is 15.9. The molecule has 4 heteroatoms. The summed E-state index contributed by atoms with van der Waals surface area (Å²) in [6.45, 7) is 0. The Morgan fingerprint density at radius 2 is 1.52 bits per heavy atom. The zero-order valence-electron chi connectivity index (χ0n) is 11.3. The van der Waals surface area contributed by atoms with E-state index in [9.17, 15) is 4.39 Å². The Morgan fingerprint density at radius 1 is 0.810 bits per heavy atom. The van der Waals surface area contributed by atoms with E-state index in [2.05, 4.69) is 15.3 Å². The summed E-state index contributed by atoms with van der Waals surface area (Å²) in [5.41, 5.74) is 2.01. The number of nitrogens with one attached hydrogen (secondary N) is 1. The van der Waals surface area contributed by atoms with Crippen molar-refractivity contribution in [3.63, 3.8) is 0 Å². The minimum Gasteiger partial charge on any atom is -0.359 e. The number of aromatic nitrogens is 2. The monoisotopic (exact) mass is 279 g/mol. The van der Waals surface area contributed by atoms with E-state index in [0.717, 1.165) is 16.9 Å². The van der Waals surface area contributed by atoms with Crippen LogP contribution in [0.25, 0.3) is 0 Å². The first-order valence-electron chi connectivity index (χ1n) is 6.66.